The Hall–Kier alpha value is -2.46. The summed E-state index contributed by atoms with van der Waals surface area (Å²) >= 11 is 1.51. The van der Waals surface area contributed by atoms with Gasteiger partial charge in [-0.05, 0) is 36.2 Å². The molecule has 0 unspecified atom stereocenters. The SMILES string of the molecule is CCc1ccc2cc(-c3nc4ccccc4s3)c(=O)oc2c1. The summed E-state index contributed by atoms with van der Waals surface area (Å²) in [6, 6.07) is 15.7. The Morgan fingerprint density at radius 1 is 1.14 bits per heavy atom. The van der Waals surface area contributed by atoms with Gasteiger partial charge in [0.05, 0.1) is 15.8 Å². The van der Waals surface area contributed by atoms with Gasteiger partial charge in [0.25, 0.3) is 0 Å². The van der Waals surface area contributed by atoms with Gasteiger partial charge in [0.2, 0.25) is 0 Å². The van der Waals surface area contributed by atoms with Gasteiger partial charge >= 0.3 is 5.63 Å². The van der Waals surface area contributed by atoms with E-state index in [0.717, 1.165) is 27.6 Å². The van der Waals surface area contributed by atoms with E-state index in [-0.39, 0.29) is 5.63 Å². The van der Waals surface area contributed by atoms with Crippen molar-refractivity contribution >= 4 is 32.5 Å². The maximum Gasteiger partial charge on any atom is 0.346 e. The molecule has 0 spiro atoms. The summed E-state index contributed by atoms with van der Waals surface area (Å²) in [5.74, 6) is 0. The maximum absolute atomic E-state index is 12.3. The highest BCUT2D eigenvalue weighted by Crippen LogP contribution is 2.29. The van der Waals surface area contributed by atoms with Gasteiger partial charge in [-0.2, -0.15) is 0 Å². The third kappa shape index (κ3) is 2.12. The quantitative estimate of drug-likeness (QED) is 0.507. The molecule has 0 fully saturated rings. The van der Waals surface area contributed by atoms with Gasteiger partial charge in [0.15, 0.2) is 0 Å². The van der Waals surface area contributed by atoms with Crippen LogP contribution in [-0.4, -0.2) is 4.98 Å². The Morgan fingerprint density at radius 2 is 2.00 bits per heavy atom. The van der Waals surface area contributed by atoms with E-state index in [0.29, 0.717) is 16.2 Å². The molecule has 3 nitrogen and oxygen atoms in total. The van der Waals surface area contributed by atoms with E-state index in [1.165, 1.54) is 11.3 Å². The zero-order valence-corrected chi connectivity index (χ0v) is 12.8. The Morgan fingerprint density at radius 3 is 2.82 bits per heavy atom. The van der Waals surface area contributed by atoms with Crippen molar-refractivity contribution in [2.45, 2.75) is 13.3 Å². The summed E-state index contributed by atoms with van der Waals surface area (Å²) in [6.07, 6.45) is 0.916. The number of fused-ring (bicyclic) bond motifs is 2. The van der Waals surface area contributed by atoms with E-state index >= 15 is 0 Å². The summed E-state index contributed by atoms with van der Waals surface area (Å²) in [5.41, 5.74) is 2.89. The summed E-state index contributed by atoms with van der Waals surface area (Å²) in [4.78, 5) is 16.9. The minimum atomic E-state index is -0.334. The van der Waals surface area contributed by atoms with Crippen LogP contribution < -0.4 is 5.63 Å². The van der Waals surface area contributed by atoms with Crippen molar-refractivity contribution in [3.05, 3.63) is 64.5 Å². The lowest BCUT2D eigenvalue weighted by Gasteiger charge is -2.01. The molecule has 2 aromatic heterocycles. The number of hydrogen-bond acceptors (Lipinski definition) is 4. The molecule has 0 saturated heterocycles. The van der Waals surface area contributed by atoms with Gasteiger partial charge in [0, 0.05) is 5.39 Å². The minimum Gasteiger partial charge on any atom is -0.422 e. The molecular weight excluding hydrogens is 294 g/mol. The summed E-state index contributed by atoms with van der Waals surface area (Å²) in [7, 11) is 0. The number of nitrogens with zero attached hydrogens (tertiary/aromatic N) is 1. The number of benzene rings is 2. The highest BCUT2D eigenvalue weighted by molar-refractivity contribution is 7.21. The van der Waals surface area contributed by atoms with Crippen molar-refractivity contribution in [1.82, 2.24) is 4.98 Å². The number of para-hydroxylation sites is 1. The van der Waals surface area contributed by atoms with Crippen LogP contribution in [0.15, 0.2) is 57.7 Å². The molecular formula is C18H13NO2S. The molecule has 2 aromatic carbocycles. The number of rotatable bonds is 2. The fraction of sp³-hybridized carbons (Fsp3) is 0.111. The first-order valence-electron chi connectivity index (χ1n) is 7.17. The van der Waals surface area contributed by atoms with E-state index in [1.807, 2.05) is 42.5 Å². The summed E-state index contributed by atoms with van der Waals surface area (Å²) < 4.78 is 6.56. The maximum atomic E-state index is 12.3. The molecule has 0 aliphatic heterocycles. The van der Waals surface area contributed by atoms with E-state index in [4.69, 9.17) is 4.42 Å². The average Bonchev–Trinajstić information content (AvgIpc) is 2.97. The van der Waals surface area contributed by atoms with Gasteiger partial charge in [-0.25, -0.2) is 9.78 Å². The molecule has 0 bridgehead atoms. The Labute approximate surface area is 130 Å². The highest BCUT2D eigenvalue weighted by atomic mass is 32.1. The molecule has 0 amide bonds. The molecule has 22 heavy (non-hydrogen) atoms. The molecule has 0 radical (unpaired) electrons. The van der Waals surface area contributed by atoms with Crippen molar-refractivity contribution in [3.8, 4) is 10.6 Å². The van der Waals surface area contributed by atoms with Crippen LogP contribution in [0.4, 0.5) is 0 Å². The van der Waals surface area contributed by atoms with Crippen molar-refractivity contribution in [3.63, 3.8) is 0 Å². The second kappa shape index (κ2) is 5.07. The molecule has 2 heterocycles. The molecule has 4 heteroatoms. The standard InChI is InChI=1S/C18H13NO2S/c1-2-11-7-8-12-10-13(18(20)21-15(12)9-11)17-19-14-5-3-4-6-16(14)22-17/h3-10H,2H2,1H3. The first-order valence-corrected chi connectivity index (χ1v) is 7.99. The number of thiazole rings is 1. The lowest BCUT2D eigenvalue weighted by Crippen LogP contribution is -2.02. The van der Waals surface area contributed by atoms with Crippen LogP contribution in [0.1, 0.15) is 12.5 Å². The summed E-state index contributed by atoms with van der Waals surface area (Å²) in [5, 5.41) is 1.63. The van der Waals surface area contributed by atoms with Crippen LogP contribution in [0.2, 0.25) is 0 Å². The molecule has 0 aliphatic carbocycles. The normalized spacial score (nSPS) is 11.3. The molecule has 0 N–H and O–H groups in total. The first kappa shape index (κ1) is 13.2. The zero-order chi connectivity index (χ0) is 15.1. The predicted molar refractivity (Wildman–Crippen MR) is 90.5 cm³/mol. The monoisotopic (exact) mass is 307 g/mol. The van der Waals surface area contributed by atoms with Crippen molar-refractivity contribution < 1.29 is 4.42 Å². The van der Waals surface area contributed by atoms with E-state index in [9.17, 15) is 4.79 Å². The van der Waals surface area contributed by atoms with Gasteiger partial charge in [-0.1, -0.05) is 31.2 Å². The Kier molecular flexibility index (Phi) is 3.05. The van der Waals surface area contributed by atoms with E-state index in [1.54, 1.807) is 0 Å². The van der Waals surface area contributed by atoms with Crippen molar-refractivity contribution in [2.75, 3.05) is 0 Å². The second-order valence-corrected chi connectivity index (χ2v) is 6.19. The fourth-order valence-electron chi connectivity index (χ4n) is 2.51. The van der Waals surface area contributed by atoms with Crippen LogP contribution in [0.3, 0.4) is 0 Å². The summed E-state index contributed by atoms with van der Waals surface area (Å²) in [6.45, 7) is 2.08. The first-order chi connectivity index (χ1) is 10.7. The van der Waals surface area contributed by atoms with Crippen LogP contribution in [-0.2, 0) is 6.42 Å². The minimum absolute atomic E-state index is 0.334. The lowest BCUT2D eigenvalue weighted by molar-refractivity contribution is 0.563. The van der Waals surface area contributed by atoms with E-state index in [2.05, 4.69) is 18.0 Å². The third-order valence-corrected chi connectivity index (χ3v) is 4.80. The van der Waals surface area contributed by atoms with Gasteiger partial charge in [-0.15, -0.1) is 11.3 Å². The molecule has 0 aliphatic rings. The van der Waals surface area contributed by atoms with Gasteiger partial charge < -0.3 is 4.42 Å². The molecule has 108 valence electrons. The molecule has 4 rings (SSSR count). The van der Waals surface area contributed by atoms with Crippen LogP contribution >= 0.6 is 11.3 Å². The average molecular weight is 307 g/mol. The smallest absolute Gasteiger partial charge is 0.346 e. The third-order valence-electron chi connectivity index (χ3n) is 3.73. The number of aromatic nitrogens is 1. The number of aryl methyl sites for hydroxylation is 1. The Balaban J connectivity index is 1.94. The van der Waals surface area contributed by atoms with Crippen molar-refractivity contribution in [2.24, 2.45) is 0 Å². The zero-order valence-electron chi connectivity index (χ0n) is 12.0. The molecule has 0 saturated carbocycles. The highest BCUT2D eigenvalue weighted by Gasteiger charge is 2.12. The number of hydrogen-bond donors (Lipinski definition) is 0. The van der Waals surface area contributed by atoms with E-state index < -0.39 is 0 Å². The van der Waals surface area contributed by atoms with Gasteiger partial charge in [0.1, 0.15) is 10.6 Å². The predicted octanol–water partition coefficient (Wildman–Crippen LogP) is 4.63. The lowest BCUT2D eigenvalue weighted by atomic mass is 10.1. The Bertz CT molecular complexity index is 1010. The van der Waals surface area contributed by atoms with Crippen LogP contribution in [0.25, 0.3) is 31.8 Å². The van der Waals surface area contributed by atoms with Crippen molar-refractivity contribution in [1.29, 1.82) is 0 Å². The molecule has 4 aromatic rings. The largest absolute Gasteiger partial charge is 0.422 e. The topological polar surface area (TPSA) is 43.1 Å². The second-order valence-electron chi connectivity index (χ2n) is 5.16. The molecule has 0 atom stereocenters. The van der Waals surface area contributed by atoms with Gasteiger partial charge in [-0.3, -0.25) is 0 Å². The van der Waals surface area contributed by atoms with Crippen LogP contribution in [0, 0.1) is 0 Å². The fourth-order valence-corrected chi connectivity index (χ4v) is 3.48. The van der Waals surface area contributed by atoms with Crippen LogP contribution in [0.5, 0.6) is 0 Å².